The lowest BCUT2D eigenvalue weighted by Crippen LogP contribution is -2.37. The summed E-state index contributed by atoms with van der Waals surface area (Å²) < 4.78 is 0. The van der Waals surface area contributed by atoms with Gasteiger partial charge >= 0.3 is 0 Å². The molecule has 1 fully saturated rings. The Balaban J connectivity index is 1.43. The summed E-state index contributed by atoms with van der Waals surface area (Å²) in [5, 5.41) is 11.0. The highest BCUT2D eigenvalue weighted by molar-refractivity contribution is 5.68. The molecule has 0 unspecified atom stereocenters. The first-order chi connectivity index (χ1) is 11.8. The molecular formula is C21H31N3. The van der Waals surface area contributed by atoms with E-state index < -0.39 is 0 Å². The van der Waals surface area contributed by atoms with Gasteiger partial charge in [-0.3, -0.25) is 0 Å². The van der Waals surface area contributed by atoms with E-state index in [1.807, 2.05) is 0 Å². The molecule has 0 amide bonds. The van der Waals surface area contributed by atoms with Gasteiger partial charge in [0, 0.05) is 25.2 Å². The maximum Gasteiger partial charge on any atom is 0.0578 e. The number of hydrogen-bond acceptors (Lipinski definition) is 3. The summed E-state index contributed by atoms with van der Waals surface area (Å²) >= 11 is 0. The zero-order valence-electron chi connectivity index (χ0n) is 14.9. The molecule has 0 aliphatic heterocycles. The number of rotatable bonds is 7. The van der Waals surface area contributed by atoms with Crippen molar-refractivity contribution in [2.24, 2.45) is 0 Å². The van der Waals surface area contributed by atoms with Crippen LogP contribution in [0.5, 0.6) is 0 Å². The number of para-hydroxylation sites is 2. The normalized spacial score (nSPS) is 23.6. The van der Waals surface area contributed by atoms with Crippen LogP contribution in [0.1, 0.15) is 45.4 Å². The molecule has 24 heavy (non-hydrogen) atoms. The fraction of sp³-hybridized carbons (Fsp3) is 0.524. The van der Waals surface area contributed by atoms with Crippen LogP contribution in [0.25, 0.3) is 0 Å². The predicted octanol–water partition coefficient (Wildman–Crippen LogP) is 4.71. The van der Waals surface area contributed by atoms with Gasteiger partial charge < -0.3 is 16.0 Å². The largest absolute Gasteiger partial charge is 0.384 e. The van der Waals surface area contributed by atoms with Crippen LogP contribution < -0.4 is 16.0 Å². The second kappa shape index (κ2) is 8.93. The predicted molar refractivity (Wildman–Crippen MR) is 105 cm³/mol. The van der Waals surface area contributed by atoms with E-state index in [1.165, 1.54) is 49.9 Å². The summed E-state index contributed by atoms with van der Waals surface area (Å²) in [6, 6.07) is 9.83. The van der Waals surface area contributed by atoms with Crippen molar-refractivity contribution in [1.82, 2.24) is 5.32 Å². The van der Waals surface area contributed by atoms with Crippen molar-refractivity contribution in [3.05, 3.63) is 48.1 Å². The van der Waals surface area contributed by atoms with Crippen molar-refractivity contribution < 1.29 is 0 Å². The Hall–Kier alpha value is -1.74. The Bertz CT molecular complexity index is 568. The molecule has 0 aromatic heterocycles. The average Bonchev–Trinajstić information content (AvgIpc) is 2.64. The van der Waals surface area contributed by atoms with E-state index in [0.717, 1.165) is 13.1 Å². The number of hydrogen-bond donors (Lipinski definition) is 3. The highest BCUT2D eigenvalue weighted by Crippen LogP contribution is 2.27. The third kappa shape index (κ3) is 4.88. The number of anilines is 2. The fourth-order valence-corrected chi connectivity index (χ4v) is 3.69. The van der Waals surface area contributed by atoms with Gasteiger partial charge in [-0.1, -0.05) is 35.9 Å². The molecule has 3 heteroatoms. The van der Waals surface area contributed by atoms with E-state index in [2.05, 4.69) is 65.4 Å². The second-order valence-corrected chi connectivity index (χ2v) is 6.94. The molecule has 0 heterocycles. The summed E-state index contributed by atoms with van der Waals surface area (Å²) in [4.78, 5) is 0. The van der Waals surface area contributed by atoms with Crippen LogP contribution >= 0.6 is 0 Å². The molecule has 0 saturated heterocycles. The van der Waals surface area contributed by atoms with Crippen molar-refractivity contribution in [2.75, 3.05) is 23.7 Å². The Labute approximate surface area is 146 Å². The van der Waals surface area contributed by atoms with Crippen LogP contribution in [0.2, 0.25) is 0 Å². The lowest BCUT2D eigenvalue weighted by atomic mass is 9.90. The number of nitrogens with one attached hydrogen (secondary N) is 3. The lowest BCUT2D eigenvalue weighted by Gasteiger charge is -2.31. The molecule has 2 aliphatic carbocycles. The molecule has 1 aromatic carbocycles. The third-order valence-corrected chi connectivity index (χ3v) is 5.10. The van der Waals surface area contributed by atoms with E-state index in [-0.39, 0.29) is 0 Å². The first kappa shape index (κ1) is 17.1. The van der Waals surface area contributed by atoms with Gasteiger partial charge in [0.2, 0.25) is 0 Å². The Morgan fingerprint density at radius 3 is 2.46 bits per heavy atom. The van der Waals surface area contributed by atoms with E-state index in [9.17, 15) is 0 Å². The summed E-state index contributed by atoms with van der Waals surface area (Å²) in [5.41, 5.74) is 4.02. The zero-order chi connectivity index (χ0) is 16.6. The van der Waals surface area contributed by atoms with Crippen LogP contribution in [0.4, 0.5) is 11.4 Å². The molecule has 3 nitrogen and oxygen atoms in total. The Kier molecular flexibility index (Phi) is 6.36. The Morgan fingerprint density at radius 1 is 1.00 bits per heavy atom. The van der Waals surface area contributed by atoms with Crippen LogP contribution in [-0.2, 0) is 0 Å². The molecule has 2 aliphatic rings. The summed E-state index contributed by atoms with van der Waals surface area (Å²) in [7, 11) is 0. The van der Waals surface area contributed by atoms with Gasteiger partial charge in [-0.25, -0.2) is 0 Å². The average molecular weight is 326 g/mol. The lowest BCUT2D eigenvalue weighted by molar-refractivity contribution is 0.361. The van der Waals surface area contributed by atoms with Crippen molar-refractivity contribution in [1.29, 1.82) is 0 Å². The van der Waals surface area contributed by atoms with Gasteiger partial charge in [0.05, 0.1) is 11.4 Å². The van der Waals surface area contributed by atoms with Gasteiger partial charge in [0.15, 0.2) is 0 Å². The first-order valence-corrected chi connectivity index (χ1v) is 9.52. The van der Waals surface area contributed by atoms with Crippen molar-refractivity contribution in [3.63, 3.8) is 0 Å². The minimum atomic E-state index is 0.597. The van der Waals surface area contributed by atoms with Crippen LogP contribution in [0.15, 0.2) is 48.1 Å². The minimum absolute atomic E-state index is 0.597. The zero-order valence-corrected chi connectivity index (χ0v) is 14.9. The van der Waals surface area contributed by atoms with Gasteiger partial charge in [-0.05, 0) is 57.6 Å². The van der Waals surface area contributed by atoms with Crippen molar-refractivity contribution in [2.45, 2.75) is 57.5 Å². The minimum Gasteiger partial charge on any atom is -0.384 e. The topological polar surface area (TPSA) is 36.1 Å². The monoisotopic (exact) mass is 325 g/mol. The van der Waals surface area contributed by atoms with Crippen LogP contribution in [0, 0.1) is 0 Å². The van der Waals surface area contributed by atoms with Crippen molar-refractivity contribution >= 4 is 11.4 Å². The molecule has 130 valence electrons. The maximum absolute atomic E-state index is 3.77. The van der Waals surface area contributed by atoms with E-state index in [4.69, 9.17) is 0 Å². The van der Waals surface area contributed by atoms with E-state index in [1.54, 1.807) is 5.57 Å². The molecular weight excluding hydrogens is 294 g/mol. The highest BCUT2D eigenvalue weighted by Gasteiger charge is 2.21. The van der Waals surface area contributed by atoms with E-state index >= 15 is 0 Å². The number of benzene rings is 1. The van der Waals surface area contributed by atoms with Gasteiger partial charge in [-0.2, -0.15) is 0 Å². The van der Waals surface area contributed by atoms with Gasteiger partial charge in [-0.15, -0.1) is 0 Å². The third-order valence-electron chi connectivity index (χ3n) is 5.10. The van der Waals surface area contributed by atoms with Gasteiger partial charge in [0.25, 0.3) is 0 Å². The van der Waals surface area contributed by atoms with Crippen molar-refractivity contribution in [3.8, 4) is 0 Å². The quantitative estimate of drug-likeness (QED) is 0.679. The molecule has 1 saturated carbocycles. The van der Waals surface area contributed by atoms with Gasteiger partial charge in [0.1, 0.15) is 0 Å². The summed E-state index contributed by atoms with van der Waals surface area (Å²) in [5.74, 6) is 0. The molecule has 3 N–H and O–H groups in total. The molecule has 1 aromatic rings. The molecule has 0 bridgehead atoms. The molecule has 0 radical (unpaired) electrons. The first-order valence-electron chi connectivity index (χ1n) is 9.52. The highest BCUT2D eigenvalue weighted by atomic mass is 15.0. The standard InChI is InChI=1S/C21H31N3/c1-2-22-20-10-6-7-11-21(20)24-19-14-12-18(13-15-19)23-16-17-8-4-3-5-9-17/h3-4,6-8,10-11,18-19,22-24H,2,5,9,12-16H2,1H3/t18-,19-. The fourth-order valence-electron chi connectivity index (χ4n) is 3.69. The summed E-state index contributed by atoms with van der Waals surface area (Å²) in [6.07, 6.45) is 14.2. The molecule has 3 rings (SSSR count). The number of allylic oxidation sites excluding steroid dienone is 3. The molecule has 0 spiro atoms. The Morgan fingerprint density at radius 2 is 1.75 bits per heavy atom. The van der Waals surface area contributed by atoms with E-state index in [0.29, 0.717) is 12.1 Å². The smallest absolute Gasteiger partial charge is 0.0578 e. The summed E-state index contributed by atoms with van der Waals surface area (Å²) in [6.45, 7) is 4.17. The maximum atomic E-state index is 3.77. The van der Waals surface area contributed by atoms with Crippen LogP contribution in [0.3, 0.4) is 0 Å². The molecule has 0 atom stereocenters. The van der Waals surface area contributed by atoms with Crippen LogP contribution in [-0.4, -0.2) is 25.2 Å². The SMILES string of the molecule is CCNc1ccccc1N[C@H]1CC[C@H](NCC2=CC=CCC2)CC1. The second-order valence-electron chi connectivity index (χ2n) is 6.94.